The van der Waals surface area contributed by atoms with Crippen molar-refractivity contribution >= 4 is 5.91 Å². The zero-order valence-corrected chi connectivity index (χ0v) is 9.39. The summed E-state index contributed by atoms with van der Waals surface area (Å²) < 4.78 is 0. The molecule has 0 spiro atoms. The van der Waals surface area contributed by atoms with Crippen LogP contribution in [0.25, 0.3) is 0 Å². The summed E-state index contributed by atoms with van der Waals surface area (Å²) in [6.07, 6.45) is 2.78. The van der Waals surface area contributed by atoms with Crippen LogP contribution >= 0.6 is 0 Å². The van der Waals surface area contributed by atoms with Crippen LogP contribution in [0.3, 0.4) is 0 Å². The lowest BCUT2D eigenvalue weighted by atomic mass is 10.1. The number of hydrogen-bond donors (Lipinski definition) is 1. The van der Waals surface area contributed by atoms with Gasteiger partial charge in [0, 0.05) is 24.4 Å². The fourth-order valence-electron chi connectivity index (χ4n) is 2.07. The lowest BCUT2D eigenvalue weighted by Crippen LogP contribution is -2.31. The molecule has 1 aromatic rings. The van der Waals surface area contributed by atoms with Crippen molar-refractivity contribution < 1.29 is 4.79 Å². The molecule has 0 radical (unpaired) electrons. The quantitative estimate of drug-likeness (QED) is 0.781. The normalized spacial score (nSPS) is 21.2. The van der Waals surface area contributed by atoms with E-state index < -0.39 is 0 Å². The zero-order valence-electron chi connectivity index (χ0n) is 9.39. The molecule has 2 rings (SSSR count). The Morgan fingerprint density at radius 2 is 2.50 bits per heavy atom. The van der Waals surface area contributed by atoms with Crippen LogP contribution in [0.15, 0.2) is 12.3 Å². The van der Waals surface area contributed by atoms with Gasteiger partial charge in [0.05, 0.1) is 6.54 Å². The SMILES string of the molecule is Cc1ccnc([C@@H]2CCN(CC(N)=O)C2)n1. The number of rotatable bonds is 3. The van der Waals surface area contributed by atoms with Crippen molar-refractivity contribution in [2.45, 2.75) is 19.3 Å². The van der Waals surface area contributed by atoms with Gasteiger partial charge in [-0.25, -0.2) is 9.97 Å². The van der Waals surface area contributed by atoms with E-state index in [1.807, 2.05) is 13.0 Å². The molecule has 1 aromatic heterocycles. The topological polar surface area (TPSA) is 72.1 Å². The first-order valence-corrected chi connectivity index (χ1v) is 5.45. The predicted octanol–water partition coefficient (Wildman–Crippen LogP) is 0.0596. The number of nitrogens with two attached hydrogens (primary N) is 1. The van der Waals surface area contributed by atoms with E-state index in [-0.39, 0.29) is 5.91 Å². The van der Waals surface area contributed by atoms with Crippen LogP contribution in [-0.4, -0.2) is 40.4 Å². The summed E-state index contributed by atoms with van der Waals surface area (Å²) in [5.41, 5.74) is 6.15. The Bertz CT molecular complexity index is 393. The van der Waals surface area contributed by atoms with E-state index >= 15 is 0 Å². The zero-order chi connectivity index (χ0) is 11.5. The molecule has 2 N–H and O–H groups in total. The summed E-state index contributed by atoms with van der Waals surface area (Å²) in [4.78, 5) is 21.6. The van der Waals surface area contributed by atoms with E-state index in [1.165, 1.54) is 0 Å². The molecule has 0 aromatic carbocycles. The number of likely N-dealkylation sites (tertiary alicyclic amines) is 1. The van der Waals surface area contributed by atoms with Crippen molar-refractivity contribution in [3.05, 3.63) is 23.8 Å². The number of amides is 1. The smallest absolute Gasteiger partial charge is 0.231 e. The van der Waals surface area contributed by atoms with Crippen LogP contribution in [0.2, 0.25) is 0 Å². The molecule has 1 aliphatic rings. The number of nitrogens with zero attached hydrogens (tertiary/aromatic N) is 3. The van der Waals surface area contributed by atoms with Crippen LogP contribution in [-0.2, 0) is 4.79 Å². The fraction of sp³-hybridized carbons (Fsp3) is 0.545. The molecule has 2 heterocycles. The first kappa shape index (κ1) is 11.0. The third kappa shape index (κ3) is 2.55. The molecule has 1 amide bonds. The van der Waals surface area contributed by atoms with Crippen molar-refractivity contribution in [2.75, 3.05) is 19.6 Å². The third-order valence-corrected chi connectivity index (χ3v) is 2.83. The maximum absolute atomic E-state index is 10.8. The Balaban J connectivity index is 2.00. The standard InChI is InChI=1S/C11H16N4O/c1-8-2-4-13-11(14-8)9-3-5-15(6-9)7-10(12)16/h2,4,9H,3,5-7H2,1H3,(H2,12,16)/t9-/m1/s1. The minimum absolute atomic E-state index is 0.272. The van der Waals surface area contributed by atoms with E-state index in [2.05, 4.69) is 14.9 Å². The van der Waals surface area contributed by atoms with Gasteiger partial charge < -0.3 is 5.73 Å². The lowest BCUT2D eigenvalue weighted by molar-refractivity contribution is -0.118. The van der Waals surface area contributed by atoms with Gasteiger partial charge in [-0.2, -0.15) is 0 Å². The summed E-state index contributed by atoms with van der Waals surface area (Å²) in [5, 5.41) is 0. The molecule has 1 saturated heterocycles. The maximum atomic E-state index is 10.8. The summed E-state index contributed by atoms with van der Waals surface area (Å²) in [6, 6.07) is 1.89. The molecule has 5 heteroatoms. The Labute approximate surface area is 94.7 Å². The van der Waals surface area contributed by atoms with Crippen molar-refractivity contribution in [1.82, 2.24) is 14.9 Å². The van der Waals surface area contributed by atoms with Gasteiger partial charge in [0.1, 0.15) is 5.82 Å². The van der Waals surface area contributed by atoms with Crippen molar-refractivity contribution in [3.8, 4) is 0 Å². The first-order chi connectivity index (χ1) is 7.65. The number of hydrogen-bond acceptors (Lipinski definition) is 4. The Morgan fingerprint density at radius 3 is 3.19 bits per heavy atom. The van der Waals surface area contributed by atoms with Crippen molar-refractivity contribution in [2.24, 2.45) is 5.73 Å². The summed E-state index contributed by atoms with van der Waals surface area (Å²) in [5.74, 6) is 0.942. The number of aryl methyl sites for hydroxylation is 1. The number of aromatic nitrogens is 2. The van der Waals surface area contributed by atoms with E-state index in [0.29, 0.717) is 12.5 Å². The molecule has 0 unspecified atom stereocenters. The van der Waals surface area contributed by atoms with E-state index in [0.717, 1.165) is 31.0 Å². The largest absolute Gasteiger partial charge is 0.369 e. The van der Waals surface area contributed by atoms with Crippen LogP contribution < -0.4 is 5.73 Å². The summed E-state index contributed by atoms with van der Waals surface area (Å²) in [7, 11) is 0. The van der Waals surface area contributed by atoms with Gasteiger partial charge in [-0.1, -0.05) is 0 Å². The van der Waals surface area contributed by atoms with Gasteiger partial charge in [-0.15, -0.1) is 0 Å². The molecule has 5 nitrogen and oxygen atoms in total. The van der Waals surface area contributed by atoms with E-state index in [1.54, 1.807) is 6.20 Å². The highest BCUT2D eigenvalue weighted by Gasteiger charge is 2.26. The molecule has 86 valence electrons. The Morgan fingerprint density at radius 1 is 1.69 bits per heavy atom. The van der Waals surface area contributed by atoms with E-state index in [4.69, 9.17) is 5.73 Å². The molecule has 0 saturated carbocycles. The van der Waals surface area contributed by atoms with E-state index in [9.17, 15) is 4.79 Å². The van der Waals surface area contributed by atoms with Gasteiger partial charge in [0.25, 0.3) is 0 Å². The molecule has 1 fully saturated rings. The fourth-order valence-corrected chi connectivity index (χ4v) is 2.07. The summed E-state index contributed by atoms with van der Waals surface area (Å²) >= 11 is 0. The number of carbonyl (C=O) groups excluding carboxylic acids is 1. The highest BCUT2D eigenvalue weighted by atomic mass is 16.1. The molecule has 0 aliphatic carbocycles. The van der Waals surface area contributed by atoms with Crippen LogP contribution in [0.5, 0.6) is 0 Å². The number of primary amides is 1. The highest BCUT2D eigenvalue weighted by molar-refractivity contribution is 5.75. The summed E-state index contributed by atoms with van der Waals surface area (Å²) in [6.45, 7) is 4.01. The maximum Gasteiger partial charge on any atom is 0.231 e. The minimum atomic E-state index is -0.272. The highest BCUT2D eigenvalue weighted by Crippen LogP contribution is 2.23. The molecular formula is C11H16N4O. The molecule has 0 bridgehead atoms. The number of carbonyl (C=O) groups is 1. The monoisotopic (exact) mass is 220 g/mol. The predicted molar refractivity (Wildman–Crippen MR) is 59.8 cm³/mol. The van der Waals surface area contributed by atoms with Crippen molar-refractivity contribution in [3.63, 3.8) is 0 Å². The van der Waals surface area contributed by atoms with Gasteiger partial charge in [-0.05, 0) is 26.0 Å². The van der Waals surface area contributed by atoms with Crippen LogP contribution in [0, 0.1) is 6.92 Å². The van der Waals surface area contributed by atoms with Crippen molar-refractivity contribution in [1.29, 1.82) is 0 Å². The molecular weight excluding hydrogens is 204 g/mol. The van der Waals surface area contributed by atoms with Gasteiger partial charge in [0.15, 0.2) is 0 Å². The second-order valence-corrected chi connectivity index (χ2v) is 4.24. The molecule has 1 aliphatic heterocycles. The Kier molecular flexibility index (Phi) is 3.14. The average molecular weight is 220 g/mol. The Hall–Kier alpha value is -1.49. The van der Waals surface area contributed by atoms with Crippen LogP contribution in [0.1, 0.15) is 23.9 Å². The van der Waals surface area contributed by atoms with Gasteiger partial charge >= 0.3 is 0 Å². The first-order valence-electron chi connectivity index (χ1n) is 5.45. The average Bonchev–Trinajstić information content (AvgIpc) is 2.65. The second-order valence-electron chi connectivity index (χ2n) is 4.24. The van der Waals surface area contributed by atoms with Gasteiger partial charge in [-0.3, -0.25) is 9.69 Å². The third-order valence-electron chi connectivity index (χ3n) is 2.83. The minimum Gasteiger partial charge on any atom is -0.369 e. The van der Waals surface area contributed by atoms with Gasteiger partial charge in [0.2, 0.25) is 5.91 Å². The molecule has 1 atom stereocenters. The molecule has 16 heavy (non-hydrogen) atoms. The lowest BCUT2D eigenvalue weighted by Gasteiger charge is -2.12. The van der Waals surface area contributed by atoms with Crippen LogP contribution in [0.4, 0.5) is 0 Å². The second kappa shape index (κ2) is 4.57.